The smallest absolute Gasteiger partial charge is 0.320 e. The van der Waals surface area contributed by atoms with Crippen LogP contribution in [0.3, 0.4) is 0 Å². The van der Waals surface area contributed by atoms with Crippen LogP contribution in [-0.4, -0.2) is 15.2 Å². The van der Waals surface area contributed by atoms with Gasteiger partial charge in [-0.1, -0.05) is 41.5 Å². The van der Waals surface area contributed by atoms with Crippen LogP contribution < -0.4 is 5.32 Å². The SMILES string of the molecule is c1ccc(Nc2nnc(-c3ccccc3CCc3ccncc3)o2)cc1. The number of hydrogen-bond donors (Lipinski definition) is 1. The fraction of sp³-hybridized carbons (Fsp3) is 0.0952. The van der Waals surface area contributed by atoms with E-state index in [0.717, 1.165) is 24.1 Å². The number of hydrogen-bond acceptors (Lipinski definition) is 5. The molecular formula is C21H18N4O. The highest BCUT2D eigenvalue weighted by Gasteiger charge is 2.12. The molecule has 0 amide bonds. The molecule has 0 spiro atoms. The van der Waals surface area contributed by atoms with Crippen LogP contribution in [0.25, 0.3) is 11.5 Å². The largest absolute Gasteiger partial charge is 0.403 e. The molecule has 4 rings (SSSR count). The van der Waals surface area contributed by atoms with Crippen LogP contribution in [0.1, 0.15) is 11.1 Å². The lowest BCUT2D eigenvalue weighted by Gasteiger charge is -2.06. The van der Waals surface area contributed by atoms with E-state index in [1.807, 2.05) is 73.1 Å². The maximum absolute atomic E-state index is 5.82. The van der Waals surface area contributed by atoms with Crippen LogP contribution in [0, 0.1) is 0 Å². The van der Waals surface area contributed by atoms with Gasteiger partial charge in [-0.15, -0.1) is 5.10 Å². The Morgan fingerprint density at radius 3 is 2.38 bits per heavy atom. The lowest BCUT2D eigenvalue weighted by Crippen LogP contribution is -1.94. The highest BCUT2D eigenvalue weighted by Crippen LogP contribution is 2.26. The molecule has 0 aliphatic rings. The maximum atomic E-state index is 5.82. The maximum Gasteiger partial charge on any atom is 0.320 e. The van der Waals surface area contributed by atoms with Gasteiger partial charge in [0.1, 0.15) is 0 Å². The van der Waals surface area contributed by atoms with Crippen molar-refractivity contribution in [3.8, 4) is 11.5 Å². The van der Waals surface area contributed by atoms with Crippen LogP contribution in [0.15, 0.2) is 83.5 Å². The fourth-order valence-electron chi connectivity index (χ4n) is 2.80. The zero-order chi connectivity index (χ0) is 17.6. The molecule has 5 heteroatoms. The number of pyridine rings is 1. The topological polar surface area (TPSA) is 63.8 Å². The van der Waals surface area contributed by atoms with Crippen molar-refractivity contribution in [3.63, 3.8) is 0 Å². The van der Waals surface area contributed by atoms with E-state index in [0.29, 0.717) is 11.9 Å². The summed E-state index contributed by atoms with van der Waals surface area (Å²) in [4.78, 5) is 4.06. The van der Waals surface area contributed by atoms with Crippen molar-refractivity contribution >= 4 is 11.7 Å². The van der Waals surface area contributed by atoms with Gasteiger partial charge in [-0.2, -0.15) is 0 Å². The number of rotatable bonds is 6. The zero-order valence-corrected chi connectivity index (χ0v) is 14.2. The molecule has 0 unspecified atom stereocenters. The van der Waals surface area contributed by atoms with Gasteiger partial charge in [0.2, 0.25) is 5.89 Å². The molecule has 26 heavy (non-hydrogen) atoms. The Morgan fingerprint density at radius 2 is 1.54 bits per heavy atom. The predicted molar refractivity (Wildman–Crippen MR) is 101 cm³/mol. The van der Waals surface area contributed by atoms with Crippen LogP contribution in [0.4, 0.5) is 11.7 Å². The van der Waals surface area contributed by atoms with Crippen molar-refractivity contribution in [2.24, 2.45) is 0 Å². The molecule has 0 aliphatic carbocycles. The summed E-state index contributed by atoms with van der Waals surface area (Å²) in [7, 11) is 0. The van der Waals surface area contributed by atoms with E-state index in [1.165, 1.54) is 11.1 Å². The first-order valence-corrected chi connectivity index (χ1v) is 8.51. The van der Waals surface area contributed by atoms with Crippen molar-refractivity contribution in [1.29, 1.82) is 0 Å². The van der Waals surface area contributed by atoms with Crippen molar-refractivity contribution in [3.05, 3.63) is 90.3 Å². The first kappa shape index (κ1) is 16.0. The van der Waals surface area contributed by atoms with E-state index in [4.69, 9.17) is 4.42 Å². The Bertz CT molecular complexity index is 967. The number of benzene rings is 2. The van der Waals surface area contributed by atoms with Gasteiger partial charge < -0.3 is 9.73 Å². The molecule has 0 aliphatic heterocycles. The number of aryl methyl sites for hydroxylation is 2. The molecule has 128 valence electrons. The lowest BCUT2D eigenvalue weighted by molar-refractivity contribution is 0.586. The number of nitrogens with one attached hydrogen (secondary N) is 1. The number of nitrogens with zero attached hydrogens (tertiary/aromatic N) is 3. The van der Waals surface area contributed by atoms with Gasteiger partial charge in [0.25, 0.3) is 0 Å². The van der Waals surface area contributed by atoms with Crippen LogP contribution in [-0.2, 0) is 12.8 Å². The second-order valence-electron chi connectivity index (χ2n) is 5.92. The first-order chi connectivity index (χ1) is 12.9. The molecule has 0 radical (unpaired) electrons. The molecule has 0 saturated carbocycles. The quantitative estimate of drug-likeness (QED) is 0.552. The molecule has 0 saturated heterocycles. The third kappa shape index (κ3) is 3.78. The van der Waals surface area contributed by atoms with Crippen molar-refractivity contribution in [2.45, 2.75) is 12.8 Å². The third-order valence-corrected chi connectivity index (χ3v) is 4.13. The Labute approximate surface area is 151 Å². The molecule has 0 atom stereocenters. The van der Waals surface area contributed by atoms with E-state index < -0.39 is 0 Å². The van der Waals surface area contributed by atoms with E-state index >= 15 is 0 Å². The average molecular weight is 342 g/mol. The fourth-order valence-corrected chi connectivity index (χ4v) is 2.80. The molecule has 5 nitrogen and oxygen atoms in total. The van der Waals surface area contributed by atoms with E-state index in [-0.39, 0.29) is 0 Å². The van der Waals surface area contributed by atoms with Gasteiger partial charge in [-0.25, -0.2) is 0 Å². The van der Waals surface area contributed by atoms with Crippen LogP contribution >= 0.6 is 0 Å². The van der Waals surface area contributed by atoms with E-state index in [9.17, 15) is 0 Å². The summed E-state index contributed by atoms with van der Waals surface area (Å²) in [5.74, 6) is 0.522. The highest BCUT2D eigenvalue weighted by molar-refractivity contribution is 5.60. The average Bonchev–Trinajstić information content (AvgIpc) is 3.16. The molecule has 2 aromatic carbocycles. The normalized spacial score (nSPS) is 10.6. The number of anilines is 2. The summed E-state index contributed by atoms with van der Waals surface area (Å²) in [6.07, 6.45) is 5.47. The van der Waals surface area contributed by atoms with Gasteiger partial charge in [0.05, 0.1) is 0 Å². The molecule has 0 bridgehead atoms. The van der Waals surface area contributed by atoms with Gasteiger partial charge >= 0.3 is 6.01 Å². The van der Waals surface area contributed by atoms with E-state index in [1.54, 1.807) is 0 Å². The molecule has 2 aromatic heterocycles. The molecule has 1 N–H and O–H groups in total. The van der Waals surface area contributed by atoms with Gasteiger partial charge in [-0.05, 0) is 54.3 Å². The highest BCUT2D eigenvalue weighted by atomic mass is 16.4. The minimum Gasteiger partial charge on any atom is -0.403 e. The second-order valence-corrected chi connectivity index (χ2v) is 5.92. The van der Waals surface area contributed by atoms with Gasteiger partial charge in [0, 0.05) is 23.6 Å². The molecular weight excluding hydrogens is 324 g/mol. The van der Waals surface area contributed by atoms with Crippen LogP contribution in [0.5, 0.6) is 0 Å². The summed E-state index contributed by atoms with van der Waals surface area (Å²) in [5, 5.41) is 11.4. The monoisotopic (exact) mass is 342 g/mol. The van der Waals surface area contributed by atoms with Gasteiger partial charge in [-0.3, -0.25) is 4.98 Å². The minimum absolute atomic E-state index is 0.384. The number of para-hydroxylation sites is 1. The molecule has 2 heterocycles. The standard InChI is InChI=1S/C21H18N4O/c1-2-7-18(8-3-1)23-21-25-24-20(26-21)19-9-5-4-6-17(19)11-10-16-12-14-22-15-13-16/h1-9,12-15H,10-11H2,(H,23,25). The Kier molecular flexibility index (Phi) is 4.69. The van der Waals surface area contributed by atoms with Crippen molar-refractivity contribution in [2.75, 3.05) is 5.32 Å². The minimum atomic E-state index is 0.384. The predicted octanol–water partition coefficient (Wildman–Crippen LogP) is 4.66. The molecule has 4 aromatic rings. The van der Waals surface area contributed by atoms with E-state index in [2.05, 4.69) is 26.6 Å². The van der Waals surface area contributed by atoms with Crippen LogP contribution in [0.2, 0.25) is 0 Å². The third-order valence-electron chi connectivity index (χ3n) is 4.13. The number of aromatic nitrogens is 3. The van der Waals surface area contributed by atoms with Crippen molar-refractivity contribution < 1.29 is 4.42 Å². The first-order valence-electron chi connectivity index (χ1n) is 8.51. The summed E-state index contributed by atoms with van der Waals surface area (Å²) in [5.41, 5.74) is 4.31. The van der Waals surface area contributed by atoms with Gasteiger partial charge in [0.15, 0.2) is 0 Å². The summed E-state index contributed by atoms with van der Waals surface area (Å²) in [6, 6.07) is 22.4. The van der Waals surface area contributed by atoms with Crippen molar-refractivity contribution in [1.82, 2.24) is 15.2 Å². The Balaban J connectivity index is 1.53. The second kappa shape index (κ2) is 7.61. The summed E-state index contributed by atoms with van der Waals surface area (Å²) in [6.45, 7) is 0. The Morgan fingerprint density at radius 1 is 0.769 bits per heavy atom. The summed E-state index contributed by atoms with van der Waals surface area (Å²) < 4.78 is 5.82. The lowest BCUT2D eigenvalue weighted by atomic mass is 10.0. The Hall–Kier alpha value is -3.47. The molecule has 0 fully saturated rings. The zero-order valence-electron chi connectivity index (χ0n) is 14.2. The summed E-state index contributed by atoms with van der Waals surface area (Å²) >= 11 is 0.